The Kier molecular flexibility index (Phi) is 5.04. The summed E-state index contributed by atoms with van der Waals surface area (Å²) in [5.41, 5.74) is 0. The first-order valence-corrected chi connectivity index (χ1v) is 11.8. The van der Waals surface area contributed by atoms with Crippen LogP contribution < -0.4 is 0 Å². The zero-order valence-electron chi connectivity index (χ0n) is 10.1. The van der Waals surface area contributed by atoms with Crippen LogP contribution in [-0.2, 0) is 13.6 Å². The molecule has 0 spiro atoms. The van der Waals surface area contributed by atoms with Crippen molar-refractivity contribution in [3.05, 3.63) is 0 Å². The molecule has 0 aliphatic rings. The first kappa shape index (κ1) is 13.9. The molecule has 0 saturated carbocycles. The predicted molar refractivity (Wildman–Crippen MR) is 63.4 cm³/mol. The molecule has 0 heterocycles. The van der Waals surface area contributed by atoms with Gasteiger partial charge in [0.2, 0.25) is 8.32 Å². The van der Waals surface area contributed by atoms with Gasteiger partial charge in [-0.2, -0.15) is 0 Å². The zero-order chi connectivity index (χ0) is 11.4. The third-order valence-corrected chi connectivity index (χ3v) is 3.17. The molecule has 0 unspecified atom stereocenters. The maximum absolute atomic E-state index is 11.3. The topological polar surface area (TPSA) is 35.5 Å². The smallest absolute Gasteiger partial charge is 0.294 e. The second-order valence-electron chi connectivity index (χ2n) is 5.30. The number of hydrogen-bond donors (Lipinski definition) is 0. The molecule has 0 aromatic rings. The van der Waals surface area contributed by atoms with Gasteiger partial charge in [0, 0.05) is 6.61 Å². The molecule has 14 heavy (non-hydrogen) atoms. The first-order valence-electron chi connectivity index (χ1n) is 4.96. The van der Waals surface area contributed by atoms with E-state index in [1.807, 2.05) is 19.6 Å². The highest BCUT2D eigenvalue weighted by Gasteiger charge is 2.20. The molecule has 0 bridgehead atoms. The lowest BCUT2D eigenvalue weighted by Gasteiger charge is -2.19. The Morgan fingerprint density at radius 1 is 1.00 bits per heavy atom. The van der Waals surface area contributed by atoms with Crippen molar-refractivity contribution in [2.75, 3.05) is 6.61 Å². The van der Waals surface area contributed by atoms with Crippen molar-refractivity contribution in [2.45, 2.75) is 45.7 Å². The van der Waals surface area contributed by atoms with Gasteiger partial charge in [0.25, 0.3) is 5.97 Å². The van der Waals surface area contributed by atoms with Gasteiger partial charge in [-0.3, -0.25) is 4.79 Å². The van der Waals surface area contributed by atoms with Crippen molar-refractivity contribution in [1.82, 2.24) is 0 Å². The third-order valence-electron chi connectivity index (χ3n) is 1.26. The van der Waals surface area contributed by atoms with Gasteiger partial charge in [0.15, 0.2) is 8.32 Å². The number of carbonyl (C=O) groups excluding carboxylic acids is 1. The Bertz CT molecular complexity index is 191. The highest BCUT2D eigenvalue weighted by atomic mass is 28.4. The summed E-state index contributed by atoms with van der Waals surface area (Å²) in [6, 6.07) is 0. The Labute approximate surface area is 89.1 Å². The van der Waals surface area contributed by atoms with Crippen molar-refractivity contribution in [3.8, 4) is 0 Å². The molecular formula is C9H22O3Si2. The van der Waals surface area contributed by atoms with Gasteiger partial charge in [-0.1, -0.05) is 0 Å². The summed E-state index contributed by atoms with van der Waals surface area (Å²) in [7, 11) is -3.19. The maximum atomic E-state index is 11.3. The van der Waals surface area contributed by atoms with Crippen molar-refractivity contribution in [2.24, 2.45) is 0 Å². The molecule has 0 radical (unpaired) electrons. The molecule has 84 valence electrons. The fraction of sp³-hybridized carbons (Fsp3) is 0.889. The Morgan fingerprint density at radius 3 is 1.86 bits per heavy atom. The van der Waals surface area contributed by atoms with Crippen molar-refractivity contribution < 1.29 is 13.6 Å². The van der Waals surface area contributed by atoms with Crippen molar-refractivity contribution in [1.29, 1.82) is 0 Å². The zero-order valence-corrected chi connectivity index (χ0v) is 12.1. The van der Waals surface area contributed by atoms with E-state index in [1.165, 1.54) is 0 Å². The molecule has 0 aliphatic heterocycles. The van der Waals surface area contributed by atoms with Gasteiger partial charge in [0.1, 0.15) is 0 Å². The lowest BCUT2D eigenvalue weighted by atomic mass is 10.5. The monoisotopic (exact) mass is 234 g/mol. The van der Waals surface area contributed by atoms with Crippen LogP contribution in [0, 0.1) is 0 Å². The van der Waals surface area contributed by atoms with Crippen LogP contribution >= 0.6 is 0 Å². The summed E-state index contributed by atoms with van der Waals surface area (Å²) >= 11 is 0. The van der Waals surface area contributed by atoms with E-state index in [0.717, 1.165) is 0 Å². The predicted octanol–water partition coefficient (Wildman–Crippen LogP) is 2.61. The summed E-state index contributed by atoms with van der Waals surface area (Å²) in [4.78, 5) is 11.3. The first-order chi connectivity index (χ1) is 6.10. The molecule has 0 N–H and O–H groups in total. The third kappa shape index (κ3) is 9.95. The van der Waals surface area contributed by atoms with Crippen molar-refractivity contribution in [3.63, 3.8) is 0 Å². The van der Waals surface area contributed by atoms with E-state index in [0.29, 0.717) is 13.0 Å². The molecule has 0 aromatic carbocycles. The molecule has 0 aromatic heterocycles. The lowest BCUT2D eigenvalue weighted by Crippen LogP contribution is -2.31. The number of rotatable bonds is 5. The minimum atomic E-state index is -1.71. The average Bonchev–Trinajstić information content (AvgIpc) is 1.78. The summed E-state index contributed by atoms with van der Waals surface area (Å²) in [6.45, 7) is 12.8. The van der Waals surface area contributed by atoms with Gasteiger partial charge in [0.05, 0.1) is 6.42 Å². The molecule has 0 saturated heterocycles. The van der Waals surface area contributed by atoms with Crippen LogP contribution in [0.3, 0.4) is 0 Å². The van der Waals surface area contributed by atoms with Crippen LogP contribution in [0.5, 0.6) is 0 Å². The molecule has 5 heteroatoms. The van der Waals surface area contributed by atoms with Crippen molar-refractivity contribution >= 4 is 22.6 Å². The highest BCUT2D eigenvalue weighted by Crippen LogP contribution is 2.07. The Balaban J connectivity index is 3.66. The largest absolute Gasteiger partial charge is 0.520 e. The fourth-order valence-electron chi connectivity index (χ4n) is 0.833. The number of carbonyl (C=O) groups is 1. The van der Waals surface area contributed by atoms with Crippen LogP contribution in [-0.4, -0.2) is 29.2 Å². The normalized spacial score (nSPS) is 12.7. The molecule has 0 aliphatic carbocycles. The van der Waals surface area contributed by atoms with E-state index in [1.54, 1.807) is 0 Å². The second kappa shape index (κ2) is 5.09. The Morgan fingerprint density at radius 2 is 1.50 bits per heavy atom. The van der Waals surface area contributed by atoms with Gasteiger partial charge >= 0.3 is 0 Å². The summed E-state index contributed by atoms with van der Waals surface area (Å²) in [5, 5.41) is 0. The van der Waals surface area contributed by atoms with Crippen LogP contribution in [0.15, 0.2) is 0 Å². The van der Waals surface area contributed by atoms with Gasteiger partial charge in [-0.05, 0) is 39.3 Å². The minimum Gasteiger partial charge on any atom is -0.520 e. The molecule has 0 fully saturated rings. The van der Waals surface area contributed by atoms with Crippen LogP contribution in [0.2, 0.25) is 39.3 Å². The summed E-state index contributed by atoms with van der Waals surface area (Å²) in [5.74, 6) is -0.123. The van der Waals surface area contributed by atoms with E-state index in [-0.39, 0.29) is 5.97 Å². The highest BCUT2D eigenvalue weighted by molar-refractivity contribution is 6.71. The van der Waals surface area contributed by atoms with Crippen LogP contribution in [0.1, 0.15) is 6.42 Å². The molecule has 0 amide bonds. The standard InChI is InChI=1S/C9H22O3Si2/c1-13(2,3)11-8-7-9(10)12-14(4,5)6/h7-8H2,1-6H3. The summed E-state index contributed by atoms with van der Waals surface area (Å²) < 4.78 is 10.9. The van der Waals surface area contributed by atoms with E-state index >= 15 is 0 Å². The quantitative estimate of drug-likeness (QED) is 0.686. The average molecular weight is 234 g/mol. The maximum Gasteiger partial charge on any atom is 0.294 e. The van der Waals surface area contributed by atoms with E-state index in [2.05, 4.69) is 19.6 Å². The second-order valence-corrected chi connectivity index (χ2v) is 14.2. The van der Waals surface area contributed by atoms with Crippen LogP contribution in [0.25, 0.3) is 0 Å². The van der Waals surface area contributed by atoms with Gasteiger partial charge in [-0.15, -0.1) is 0 Å². The molecule has 3 nitrogen and oxygen atoms in total. The van der Waals surface area contributed by atoms with E-state index in [9.17, 15) is 4.79 Å². The van der Waals surface area contributed by atoms with E-state index in [4.69, 9.17) is 8.85 Å². The van der Waals surface area contributed by atoms with Gasteiger partial charge in [-0.25, -0.2) is 0 Å². The lowest BCUT2D eigenvalue weighted by molar-refractivity contribution is -0.135. The SMILES string of the molecule is C[Si](C)(C)OCCC(=O)O[Si](C)(C)C. The molecule has 0 atom stereocenters. The molecule has 0 rings (SSSR count). The number of hydrogen-bond acceptors (Lipinski definition) is 3. The fourth-order valence-corrected chi connectivity index (χ4v) is 2.33. The summed E-state index contributed by atoms with van der Waals surface area (Å²) in [6.07, 6.45) is 0.383. The van der Waals surface area contributed by atoms with Gasteiger partial charge < -0.3 is 8.85 Å². The van der Waals surface area contributed by atoms with Crippen LogP contribution in [0.4, 0.5) is 0 Å². The minimum absolute atomic E-state index is 0.123. The van der Waals surface area contributed by atoms with E-state index < -0.39 is 16.6 Å². The molecular weight excluding hydrogens is 212 g/mol. The Hall–Kier alpha value is -0.136.